The number of carboxylic acids is 2. The van der Waals surface area contributed by atoms with Gasteiger partial charge in [-0.05, 0) is 44.1 Å². The molecule has 0 saturated carbocycles. The number of carbonyl (C=O) groups is 2. The maximum Gasteiger partial charge on any atom is 0.328 e. The number of para-hydroxylation sites is 1. The predicted octanol–water partition coefficient (Wildman–Crippen LogP) is 3.24. The van der Waals surface area contributed by atoms with E-state index in [9.17, 15) is 9.59 Å². The van der Waals surface area contributed by atoms with Crippen LogP contribution >= 0.6 is 0 Å². The first-order valence-corrected chi connectivity index (χ1v) is 8.85. The third-order valence-electron chi connectivity index (χ3n) is 4.45. The number of aliphatic carboxylic acids is 2. The van der Waals surface area contributed by atoms with E-state index in [0.29, 0.717) is 18.2 Å². The average Bonchev–Trinajstić information content (AvgIpc) is 3.13. The van der Waals surface area contributed by atoms with E-state index in [-0.39, 0.29) is 0 Å². The fourth-order valence-electron chi connectivity index (χ4n) is 3.14. The van der Waals surface area contributed by atoms with Crippen LogP contribution in [0.1, 0.15) is 24.4 Å². The summed E-state index contributed by atoms with van der Waals surface area (Å²) in [4.78, 5) is 25.9. The molecule has 0 radical (unpaired) electrons. The molecule has 7 heteroatoms. The standard InChI is InChI=1S/C17H20N2O.C4H4O4/c1-19-9-5-7-16(19)14-10-13(11-18-12-14)15-6-3-4-8-17(15)20-2;5-3(6)1-2-4(7)8/h3-4,6,8,10-12,16H,5,7,9H2,1-2H3;1-2H,(H,5,6)(H,7,8). The first-order valence-electron chi connectivity index (χ1n) is 8.85. The van der Waals surface area contributed by atoms with Gasteiger partial charge in [0.2, 0.25) is 0 Å². The predicted molar refractivity (Wildman–Crippen MR) is 105 cm³/mol. The summed E-state index contributed by atoms with van der Waals surface area (Å²) in [7, 11) is 3.90. The zero-order chi connectivity index (χ0) is 20.5. The van der Waals surface area contributed by atoms with Crippen LogP contribution in [0.15, 0.2) is 54.9 Å². The van der Waals surface area contributed by atoms with Crippen molar-refractivity contribution in [3.8, 4) is 16.9 Å². The molecular formula is C21H24N2O5. The quantitative estimate of drug-likeness (QED) is 0.763. The molecule has 148 valence electrons. The molecule has 1 fully saturated rings. The second-order valence-corrected chi connectivity index (χ2v) is 6.36. The van der Waals surface area contributed by atoms with Crippen LogP contribution in [0.25, 0.3) is 11.1 Å². The summed E-state index contributed by atoms with van der Waals surface area (Å²) in [6, 6.07) is 10.8. The van der Waals surface area contributed by atoms with Gasteiger partial charge in [-0.3, -0.25) is 9.88 Å². The molecule has 0 spiro atoms. The number of hydrogen-bond acceptors (Lipinski definition) is 5. The van der Waals surface area contributed by atoms with Crippen molar-refractivity contribution in [2.45, 2.75) is 18.9 Å². The molecule has 0 bridgehead atoms. The van der Waals surface area contributed by atoms with Crippen LogP contribution in [0.4, 0.5) is 0 Å². The number of pyridine rings is 1. The second kappa shape index (κ2) is 10.2. The van der Waals surface area contributed by atoms with Crippen LogP contribution in [0.3, 0.4) is 0 Å². The Morgan fingerprint density at radius 3 is 2.43 bits per heavy atom. The Bertz CT molecular complexity index is 834. The van der Waals surface area contributed by atoms with Gasteiger partial charge in [-0.1, -0.05) is 18.2 Å². The van der Waals surface area contributed by atoms with E-state index in [0.717, 1.165) is 16.9 Å². The third-order valence-corrected chi connectivity index (χ3v) is 4.45. The van der Waals surface area contributed by atoms with E-state index >= 15 is 0 Å². The first-order chi connectivity index (χ1) is 13.4. The fourth-order valence-corrected chi connectivity index (χ4v) is 3.14. The van der Waals surface area contributed by atoms with Crippen molar-refractivity contribution in [3.63, 3.8) is 0 Å². The Morgan fingerprint density at radius 1 is 1.18 bits per heavy atom. The second-order valence-electron chi connectivity index (χ2n) is 6.36. The number of hydrogen-bond donors (Lipinski definition) is 2. The minimum atomic E-state index is -1.26. The van der Waals surface area contributed by atoms with Crippen molar-refractivity contribution in [1.29, 1.82) is 0 Å². The van der Waals surface area contributed by atoms with Gasteiger partial charge in [-0.25, -0.2) is 9.59 Å². The topological polar surface area (TPSA) is 100.0 Å². The van der Waals surface area contributed by atoms with Gasteiger partial charge in [0.1, 0.15) is 5.75 Å². The molecule has 2 N–H and O–H groups in total. The van der Waals surface area contributed by atoms with Crippen molar-refractivity contribution < 1.29 is 24.5 Å². The summed E-state index contributed by atoms with van der Waals surface area (Å²) in [5.74, 6) is -1.62. The summed E-state index contributed by atoms with van der Waals surface area (Å²) in [6.45, 7) is 1.17. The van der Waals surface area contributed by atoms with Crippen LogP contribution in [-0.2, 0) is 9.59 Å². The van der Waals surface area contributed by atoms with E-state index in [4.69, 9.17) is 14.9 Å². The molecule has 1 aromatic carbocycles. The molecule has 28 heavy (non-hydrogen) atoms. The Balaban J connectivity index is 0.000000300. The molecule has 2 aromatic rings. The molecule has 1 aromatic heterocycles. The third kappa shape index (κ3) is 5.92. The molecule has 1 atom stereocenters. The Kier molecular flexibility index (Phi) is 7.71. The van der Waals surface area contributed by atoms with Crippen LogP contribution in [0.2, 0.25) is 0 Å². The lowest BCUT2D eigenvalue weighted by molar-refractivity contribution is -0.134. The smallest absolute Gasteiger partial charge is 0.328 e. The van der Waals surface area contributed by atoms with Crippen LogP contribution in [0.5, 0.6) is 5.75 Å². The van der Waals surface area contributed by atoms with Crippen LogP contribution < -0.4 is 4.74 Å². The lowest BCUT2D eigenvalue weighted by atomic mass is 10.0. The maximum atomic E-state index is 9.55. The normalized spacial score (nSPS) is 16.4. The van der Waals surface area contributed by atoms with Crippen molar-refractivity contribution >= 4 is 11.9 Å². The number of likely N-dealkylation sites (tertiary alicyclic amines) is 1. The van der Waals surface area contributed by atoms with Crippen LogP contribution in [0, 0.1) is 0 Å². The SMILES string of the molecule is COc1ccccc1-c1cncc(C2CCCN2C)c1.O=C(O)C=CC(=O)O. The minimum absolute atomic E-state index is 0.497. The Labute approximate surface area is 163 Å². The van der Waals surface area contributed by atoms with Gasteiger partial charge in [-0.2, -0.15) is 0 Å². The van der Waals surface area contributed by atoms with Crippen molar-refractivity contribution in [3.05, 3.63) is 60.4 Å². The number of aromatic nitrogens is 1. The van der Waals surface area contributed by atoms with Crippen LogP contribution in [-0.4, -0.2) is 52.7 Å². The van der Waals surface area contributed by atoms with Gasteiger partial charge in [0, 0.05) is 41.7 Å². The summed E-state index contributed by atoms with van der Waals surface area (Å²) >= 11 is 0. The van der Waals surface area contributed by atoms with E-state index < -0.39 is 11.9 Å². The van der Waals surface area contributed by atoms with Gasteiger partial charge < -0.3 is 14.9 Å². The Hall–Kier alpha value is -3.19. The first kappa shape index (κ1) is 21.1. The van der Waals surface area contributed by atoms with E-state index in [1.165, 1.54) is 24.9 Å². The van der Waals surface area contributed by atoms with Gasteiger partial charge in [-0.15, -0.1) is 0 Å². The number of nitrogens with zero attached hydrogens (tertiary/aromatic N) is 2. The highest BCUT2D eigenvalue weighted by molar-refractivity contribution is 5.89. The number of ether oxygens (including phenoxy) is 1. The highest BCUT2D eigenvalue weighted by Crippen LogP contribution is 2.34. The number of rotatable bonds is 5. The van der Waals surface area contributed by atoms with Gasteiger partial charge in [0.05, 0.1) is 7.11 Å². The minimum Gasteiger partial charge on any atom is -0.496 e. The maximum absolute atomic E-state index is 9.55. The molecule has 0 aliphatic carbocycles. The molecule has 1 aliphatic heterocycles. The van der Waals surface area contributed by atoms with Crippen molar-refractivity contribution in [1.82, 2.24) is 9.88 Å². The number of benzene rings is 1. The van der Waals surface area contributed by atoms with E-state index in [2.05, 4.69) is 29.1 Å². The largest absolute Gasteiger partial charge is 0.496 e. The molecule has 2 heterocycles. The fraction of sp³-hybridized carbons (Fsp3) is 0.286. The Morgan fingerprint density at radius 2 is 1.86 bits per heavy atom. The summed E-state index contributed by atoms with van der Waals surface area (Å²) < 4.78 is 5.45. The average molecular weight is 384 g/mol. The molecule has 1 unspecified atom stereocenters. The molecule has 0 amide bonds. The lowest BCUT2D eigenvalue weighted by Gasteiger charge is -2.20. The monoisotopic (exact) mass is 384 g/mol. The van der Waals surface area contributed by atoms with Gasteiger partial charge >= 0.3 is 11.9 Å². The number of carboxylic acid groups (broad SMARTS) is 2. The van der Waals surface area contributed by atoms with E-state index in [1.54, 1.807) is 7.11 Å². The van der Waals surface area contributed by atoms with Gasteiger partial charge in [0.15, 0.2) is 0 Å². The highest BCUT2D eigenvalue weighted by atomic mass is 16.5. The highest BCUT2D eigenvalue weighted by Gasteiger charge is 2.23. The summed E-state index contributed by atoms with van der Waals surface area (Å²) in [5, 5.41) is 15.6. The molecular weight excluding hydrogens is 360 g/mol. The lowest BCUT2D eigenvalue weighted by Crippen LogP contribution is -2.17. The molecule has 7 nitrogen and oxygen atoms in total. The molecule has 1 saturated heterocycles. The van der Waals surface area contributed by atoms with Crippen molar-refractivity contribution in [2.24, 2.45) is 0 Å². The zero-order valence-electron chi connectivity index (χ0n) is 15.9. The van der Waals surface area contributed by atoms with Gasteiger partial charge in [0.25, 0.3) is 0 Å². The molecule has 1 aliphatic rings. The number of methoxy groups -OCH3 is 1. The van der Waals surface area contributed by atoms with Crippen molar-refractivity contribution in [2.75, 3.05) is 20.7 Å². The zero-order valence-corrected chi connectivity index (χ0v) is 15.9. The van der Waals surface area contributed by atoms with E-state index in [1.807, 2.05) is 30.6 Å². The summed E-state index contributed by atoms with van der Waals surface area (Å²) in [6.07, 6.45) is 7.50. The summed E-state index contributed by atoms with van der Waals surface area (Å²) in [5.41, 5.74) is 3.53. The molecule has 3 rings (SSSR count).